The smallest absolute Gasteiger partial charge is 0.191 e. The molecule has 0 amide bonds. The van der Waals surface area contributed by atoms with Crippen molar-refractivity contribution in [1.82, 2.24) is 10.6 Å². The van der Waals surface area contributed by atoms with Crippen LogP contribution in [0.15, 0.2) is 29.3 Å². The maximum absolute atomic E-state index is 4.22. The summed E-state index contributed by atoms with van der Waals surface area (Å²) in [4.78, 5) is 6.33. The third kappa shape index (κ3) is 6.98. The second-order valence-electron chi connectivity index (χ2n) is 4.77. The van der Waals surface area contributed by atoms with Gasteiger partial charge in [-0.15, -0.1) is 24.0 Å². The summed E-state index contributed by atoms with van der Waals surface area (Å²) in [6.45, 7) is 3.94. The molecule has 0 radical (unpaired) electrons. The molecule has 0 spiro atoms. The van der Waals surface area contributed by atoms with Crippen LogP contribution in [-0.4, -0.2) is 33.6 Å². The van der Waals surface area contributed by atoms with E-state index < -0.39 is 0 Å². The molecule has 0 unspecified atom stereocenters. The van der Waals surface area contributed by atoms with Crippen molar-refractivity contribution >= 4 is 35.6 Å². The molecule has 0 bridgehead atoms. The molecule has 0 heterocycles. The zero-order chi connectivity index (χ0) is 14.1. The van der Waals surface area contributed by atoms with Gasteiger partial charge in [0.25, 0.3) is 0 Å². The lowest BCUT2D eigenvalue weighted by Gasteiger charge is -2.15. The van der Waals surface area contributed by atoms with Gasteiger partial charge in [-0.1, -0.05) is 25.5 Å². The van der Waals surface area contributed by atoms with Crippen LogP contribution >= 0.6 is 24.0 Å². The van der Waals surface area contributed by atoms with E-state index in [-0.39, 0.29) is 24.0 Å². The summed E-state index contributed by atoms with van der Waals surface area (Å²) < 4.78 is 0. The lowest BCUT2D eigenvalue weighted by atomic mass is 10.2. The number of anilines is 1. The fraction of sp³-hybridized carbons (Fsp3) is 0.533. The Morgan fingerprint density at radius 2 is 2.00 bits per heavy atom. The van der Waals surface area contributed by atoms with E-state index in [2.05, 4.69) is 65.8 Å². The van der Waals surface area contributed by atoms with Crippen molar-refractivity contribution in [3.8, 4) is 0 Å². The lowest BCUT2D eigenvalue weighted by Crippen LogP contribution is -2.37. The van der Waals surface area contributed by atoms with Crippen molar-refractivity contribution in [3.05, 3.63) is 29.8 Å². The number of guanidine groups is 1. The maximum atomic E-state index is 4.22. The second kappa shape index (κ2) is 10.8. The van der Waals surface area contributed by atoms with E-state index in [9.17, 15) is 0 Å². The van der Waals surface area contributed by atoms with Gasteiger partial charge in [0.1, 0.15) is 0 Å². The number of hydrogen-bond donors (Lipinski definition) is 2. The molecule has 0 saturated heterocycles. The van der Waals surface area contributed by atoms with E-state index in [1.54, 1.807) is 7.05 Å². The van der Waals surface area contributed by atoms with Crippen LogP contribution in [0, 0.1) is 0 Å². The predicted molar refractivity (Wildman–Crippen MR) is 99.3 cm³/mol. The molecule has 2 N–H and O–H groups in total. The number of rotatable bonds is 6. The van der Waals surface area contributed by atoms with E-state index in [1.807, 2.05) is 0 Å². The fourth-order valence-corrected chi connectivity index (χ4v) is 1.73. The zero-order valence-electron chi connectivity index (χ0n) is 12.9. The standard InChI is InChI=1S/C15H26N4.HI/c1-5-6-10-17-15(16-2)18-12-13-8-7-9-14(11-13)19(3)4;/h7-9,11H,5-6,10,12H2,1-4H3,(H2,16,17,18);1H. The molecule has 0 saturated carbocycles. The van der Waals surface area contributed by atoms with Crippen LogP contribution in [0.1, 0.15) is 25.3 Å². The van der Waals surface area contributed by atoms with Gasteiger partial charge < -0.3 is 15.5 Å². The molecule has 4 nitrogen and oxygen atoms in total. The minimum absolute atomic E-state index is 0. The molecule has 1 aromatic carbocycles. The minimum Gasteiger partial charge on any atom is -0.378 e. The summed E-state index contributed by atoms with van der Waals surface area (Å²) in [5.74, 6) is 0.865. The molecule has 0 fully saturated rings. The first-order valence-electron chi connectivity index (χ1n) is 6.88. The van der Waals surface area contributed by atoms with Crippen molar-refractivity contribution < 1.29 is 0 Å². The molecule has 0 aliphatic rings. The molecule has 0 aliphatic heterocycles. The summed E-state index contributed by atoms with van der Waals surface area (Å²) in [6.07, 6.45) is 2.35. The highest BCUT2D eigenvalue weighted by molar-refractivity contribution is 14.0. The highest BCUT2D eigenvalue weighted by Crippen LogP contribution is 2.12. The van der Waals surface area contributed by atoms with Gasteiger partial charge in [0, 0.05) is 39.9 Å². The van der Waals surface area contributed by atoms with Gasteiger partial charge in [-0.2, -0.15) is 0 Å². The van der Waals surface area contributed by atoms with E-state index in [0.29, 0.717) is 0 Å². The number of aliphatic imine (C=N–C) groups is 1. The maximum Gasteiger partial charge on any atom is 0.191 e. The quantitative estimate of drug-likeness (QED) is 0.340. The van der Waals surface area contributed by atoms with Crippen molar-refractivity contribution in [2.45, 2.75) is 26.3 Å². The summed E-state index contributed by atoms with van der Waals surface area (Å²) in [6, 6.07) is 8.50. The first-order chi connectivity index (χ1) is 9.17. The second-order valence-corrected chi connectivity index (χ2v) is 4.77. The Morgan fingerprint density at radius 3 is 2.60 bits per heavy atom. The van der Waals surface area contributed by atoms with Crippen LogP contribution in [0.5, 0.6) is 0 Å². The average molecular weight is 390 g/mol. The molecule has 0 aromatic heterocycles. The molecule has 5 heteroatoms. The third-order valence-corrected chi connectivity index (χ3v) is 2.93. The molecule has 1 rings (SSSR count). The first-order valence-corrected chi connectivity index (χ1v) is 6.88. The van der Waals surface area contributed by atoms with Gasteiger partial charge in [0.2, 0.25) is 0 Å². The van der Waals surface area contributed by atoms with Crippen molar-refractivity contribution in [3.63, 3.8) is 0 Å². The van der Waals surface area contributed by atoms with E-state index >= 15 is 0 Å². The van der Waals surface area contributed by atoms with Gasteiger partial charge in [-0.05, 0) is 24.1 Å². The van der Waals surface area contributed by atoms with Gasteiger partial charge >= 0.3 is 0 Å². The fourth-order valence-electron chi connectivity index (χ4n) is 1.73. The lowest BCUT2D eigenvalue weighted by molar-refractivity contribution is 0.729. The normalized spacial score (nSPS) is 10.7. The molecule has 20 heavy (non-hydrogen) atoms. The van der Waals surface area contributed by atoms with Crippen LogP contribution in [-0.2, 0) is 6.54 Å². The average Bonchev–Trinajstić information content (AvgIpc) is 2.43. The van der Waals surface area contributed by atoms with E-state index in [0.717, 1.165) is 25.5 Å². The van der Waals surface area contributed by atoms with Crippen molar-refractivity contribution in [2.24, 2.45) is 4.99 Å². The van der Waals surface area contributed by atoms with Crippen LogP contribution in [0.2, 0.25) is 0 Å². The van der Waals surface area contributed by atoms with Gasteiger partial charge in [-0.25, -0.2) is 0 Å². The summed E-state index contributed by atoms with van der Waals surface area (Å²) in [7, 11) is 5.91. The Labute approximate surface area is 140 Å². The molecule has 0 atom stereocenters. The van der Waals surface area contributed by atoms with Crippen molar-refractivity contribution in [1.29, 1.82) is 0 Å². The van der Waals surface area contributed by atoms with E-state index in [1.165, 1.54) is 17.7 Å². The van der Waals surface area contributed by atoms with Gasteiger partial charge in [0.15, 0.2) is 5.96 Å². The third-order valence-electron chi connectivity index (χ3n) is 2.93. The summed E-state index contributed by atoms with van der Waals surface area (Å²) in [5.41, 5.74) is 2.47. The summed E-state index contributed by atoms with van der Waals surface area (Å²) >= 11 is 0. The highest BCUT2D eigenvalue weighted by atomic mass is 127. The Balaban J connectivity index is 0.00000361. The number of hydrogen-bond acceptors (Lipinski definition) is 2. The topological polar surface area (TPSA) is 39.7 Å². The Hall–Kier alpha value is -0.980. The zero-order valence-corrected chi connectivity index (χ0v) is 15.3. The Kier molecular flexibility index (Phi) is 10.2. The van der Waals surface area contributed by atoms with Crippen LogP contribution < -0.4 is 15.5 Å². The van der Waals surface area contributed by atoms with Crippen molar-refractivity contribution in [2.75, 3.05) is 32.6 Å². The van der Waals surface area contributed by atoms with Crippen LogP contribution in [0.3, 0.4) is 0 Å². The number of nitrogens with zero attached hydrogens (tertiary/aromatic N) is 2. The number of halogens is 1. The molecular weight excluding hydrogens is 363 g/mol. The van der Waals surface area contributed by atoms with Crippen LogP contribution in [0.25, 0.3) is 0 Å². The minimum atomic E-state index is 0. The largest absolute Gasteiger partial charge is 0.378 e. The number of nitrogens with one attached hydrogen (secondary N) is 2. The Bertz CT molecular complexity index is 405. The van der Waals surface area contributed by atoms with E-state index in [4.69, 9.17) is 0 Å². The highest BCUT2D eigenvalue weighted by Gasteiger charge is 2.00. The first kappa shape index (κ1) is 19.0. The SMILES string of the molecule is CCCCNC(=NC)NCc1cccc(N(C)C)c1.I. The molecule has 114 valence electrons. The summed E-state index contributed by atoms with van der Waals surface area (Å²) in [5, 5.41) is 6.64. The monoisotopic (exact) mass is 390 g/mol. The van der Waals surface area contributed by atoms with Gasteiger partial charge in [-0.3, -0.25) is 4.99 Å². The molecule has 1 aromatic rings. The number of benzene rings is 1. The number of unbranched alkanes of at least 4 members (excludes halogenated alkanes) is 1. The van der Waals surface area contributed by atoms with Gasteiger partial charge in [0.05, 0.1) is 0 Å². The molecular formula is C15H27IN4. The van der Waals surface area contributed by atoms with Crippen LogP contribution in [0.4, 0.5) is 5.69 Å². The molecule has 0 aliphatic carbocycles. The Morgan fingerprint density at radius 1 is 1.25 bits per heavy atom. The predicted octanol–water partition coefficient (Wildman–Crippen LogP) is 2.84.